The van der Waals surface area contributed by atoms with Gasteiger partial charge in [-0.2, -0.15) is 0 Å². The molecular weight excluding hydrogens is 516 g/mol. The molecule has 0 aromatic heterocycles. The third-order valence-corrected chi connectivity index (χ3v) is 7.59. The van der Waals surface area contributed by atoms with Crippen molar-refractivity contribution in [3.63, 3.8) is 0 Å². The summed E-state index contributed by atoms with van der Waals surface area (Å²) in [5, 5.41) is 0. The molecule has 0 nitrogen and oxygen atoms in total. The molecule has 43 heavy (non-hydrogen) atoms. The molecule has 0 atom stereocenters. The second-order valence-corrected chi connectivity index (χ2v) is 12.0. The van der Waals surface area contributed by atoms with Gasteiger partial charge in [-0.25, -0.2) is 0 Å². The fourth-order valence-electron chi connectivity index (χ4n) is 4.12. The maximum Gasteiger partial charge on any atom is -0.0392 e. The highest BCUT2D eigenvalue weighted by Gasteiger charge is 1.92. The van der Waals surface area contributed by atoms with Gasteiger partial charge in [-0.05, 0) is 129 Å². The molecule has 0 N–H and O–H groups in total. The Morgan fingerprint density at radius 1 is 0.233 bits per heavy atom. The molecule has 0 unspecified atom stereocenters. The van der Waals surface area contributed by atoms with Crippen LogP contribution in [0.4, 0.5) is 0 Å². The van der Waals surface area contributed by atoms with Crippen LogP contribution in [0.3, 0.4) is 0 Å². The van der Waals surface area contributed by atoms with Crippen molar-refractivity contribution in [1.29, 1.82) is 0 Å². The second-order valence-electron chi connectivity index (χ2n) is 12.0. The summed E-state index contributed by atoms with van der Waals surface area (Å²) in [6, 6.07) is 36.3. The molecule has 0 aliphatic rings. The van der Waals surface area contributed by atoms with E-state index in [0.29, 0.717) is 0 Å². The lowest BCUT2D eigenvalue weighted by atomic mass is 10.1. The van der Waals surface area contributed by atoms with Crippen molar-refractivity contribution in [3.05, 3.63) is 175 Å². The van der Waals surface area contributed by atoms with Crippen LogP contribution >= 0.6 is 0 Å². The van der Waals surface area contributed by atoms with E-state index in [1.165, 1.54) is 72.3 Å². The third kappa shape index (κ3) is 15.8. The summed E-state index contributed by atoms with van der Waals surface area (Å²) >= 11 is 0. The van der Waals surface area contributed by atoms with Gasteiger partial charge in [0.25, 0.3) is 0 Å². The van der Waals surface area contributed by atoms with E-state index in [4.69, 9.17) is 0 Å². The average molecular weight is 573 g/mol. The lowest BCUT2D eigenvalue weighted by Gasteiger charge is -2.00. The van der Waals surface area contributed by atoms with Gasteiger partial charge in [-0.1, -0.05) is 137 Å². The Hall–Kier alpha value is -3.90. The van der Waals surface area contributed by atoms with Gasteiger partial charge in [-0.15, -0.1) is 0 Å². The van der Waals surface area contributed by atoms with Gasteiger partial charge in [0.15, 0.2) is 0 Å². The number of aryl methyl sites for hydroxylation is 12. The van der Waals surface area contributed by atoms with Crippen LogP contribution in [0, 0.1) is 90.0 Å². The minimum absolute atomic E-state index is 1.33. The molecule has 0 aliphatic carbocycles. The van der Waals surface area contributed by atoms with Gasteiger partial charge < -0.3 is 0 Å². The number of hydrogen-bond acceptors (Lipinski definition) is 0. The van der Waals surface area contributed by atoms with Gasteiger partial charge in [0.2, 0.25) is 0 Å². The van der Waals surface area contributed by atoms with Crippen LogP contribution < -0.4 is 0 Å². The van der Waals surface area contributed by atoms with E-state index < -0.39 is 0 Å². The van der Waals surface area contributed by atoms with Crippen molar-refractivity contribution in [2.45, 2.75) is 90.0 Å². The predicted octanol–water partition coefficient (Wildman–Crippen LogP) is 12.4. The van der Waals surface area contributed by atoms with Crippen molar-refractivity contribution in [2.24, 2.45) is 0 Å². The van der Waals surface area contributed by atoms with Gasteiger partial charge in [0, 0.05) is 0 Å². The fraction of sp³-hybridized carbons (Fsp3) is 0.302. The maximum absolute atomic E-state index is 2.20. The van der Waals surface area contributed by atoms with E-state index in [0.717, 1.165) is 0 Å². The van der Waals surface area contributed by atoms with Gasteiger partial charge in [0.1, 0.15) is 0 Å². The van der Waals surface area contributed by atoms with Crippen LogP contribution in [-0.2, 0) is 0 Å². The molecule has 0 fully saturated rings. The Kier molecular flexibility index (Phi) is 16.7. The summed E-state index contributed by atoms with van der Waals surface area (Å²) in [4.78, 5) is 0. The van der Waals surface area contributed by atoms with Crippen LogP contribution in [0.15, 0.2) is 103 Å². The molecule has 0 aliphatic heterocycles. The van der Waals surface area contributed by atoms with E-state index in [-0.39, 0.29) is 0 Å². The summed E-state index contributed by atoms with van der Waals surface area (Å²) in [6.45, 7) is 27.6. The van der Waals surface area contributed by atoms with E-state index in [2.05, 4.69) is 193 Å². The average Bonchev–Trinajstić information content (AvgIpc) is 2.95. The Morgan fingerprint density at radius 3 is 0.791 bits per heavy atom. The topological polar surface area (TPSA) is 0 Å². The van der Waals surface area contributed by atoms with E-state index in [9.17, 15) is 0 Å². The van der Waals surface area contributed by atoms with E-state index in [1.807, 2.05) is 0 Å². The molecule has 0 saturated heterocycles. The zero-order valence-electron chi connectivity index (χ0n) is 29.3. The zero-order valence-corrected chi connectivity index (χ0v) is 29.3. The molecule has 0 saturated carbocycles. The lowest BCUT2D eigenvalue weighted by molar-refractivity contribution is 1.27. The van der Waals surface area contributed by atoms with Crippen LogP contribution in [0.25, 0.3) is 0 Å². The Labute approximate surface area is 264 Å². The normalized spacial score (nSPS) is 9.51. The highest BCUT2D eigenvalue weighted by Crippen LogP contribution is 2.10. The molecule has 5 aromatic rings. The Balaban J connectivity index is 0.000000269. The van der Waals surface area contributed by atoms with Crippen molar-refractivity contribution in [2.75, 3.05) is 0 Å². The molecule has 0 amide bonds. The quantitative estimate of drug-likeness (QED) is 0.173. The van der Waals surface area contributed by atoms with Crippen molar-refractivity contribution < 1.29 is 0 Å². The highest BCUT2D eigenvalue weighted by molar-refractivity contribution is 5.32. The van der Waals surface area contributed by atoms with Crippen LogP contribution in [-0.4, -0.2) is 0 Å². The molecule has 0 heteroatoms. The Morgan fingerprint density at radius 2 is 0.535 bits per heavy atom. The molecule has 5 rings (SSSR count). The summed E-state index contributed by atoms with van der Waals surface area (Å²) in [5.41, 5.74) is 17.7. The van der Waals surface area contributed by atoms with Gasteiger partial charge in [-0.3, -0.25) is 0 Å². The SMILES string of the molecule is Cc1ccc(C)c(C)c1.Cc1ccc(C)c(C)c1.Cc1ccc(C)cc1.Cc1cccc(C)c1.Cc1cccc(C)c1C. The first-order chi connectivity index (χ1) is 20.2. The number of hydrogen-bond donors (Lipinski definition) is 0. The van der Waals surface area contributed by atoms with E-state index in [1.54, 1.807) is 0 Å². The molecule has 0 bridgehead atoms. The molecular formula is C43H56. The first kappa shape index (κ1) is 37.1. The van der Waals surface area contributed by atoms with E-state index >= 15 is 0 Å². The standard InChI is InChI=1S/3C9H12.2C8H10/c2*1-7-4-5-8(2)9(3)6-7;1-7-5-4-6-8(2)9(7)3;1-7-3-5-8(2)6-4-7;1-7-4-3-5-8(2)6-7/h3*4-6H,1-3H3;2*3-6H,1-2H3. The molecule has 0 radical (unpaired) electrons. The second kappa shape index (κ2) is 19.3. The molecule has 0 spiro atoms. The predicted molar refractivity (Wildman–Crippen MR) is 194 cm³/mol. The van der Waals surface area contributed by atoms with Crippen LogP contribution in [0.1, 0.15) is 72.3 Å². The summed E-state index contributed by atoms with van der Waals surface area (Å²) in [5.74, 6) is 0. The minimum atomic E-state index is 1.33. The minimum Gasteiger partial charge on any atom is -0.0617 e. The molecule has 5 aromatic carbocycles. The lowest BCUT2D eigenvalue weighted by Crippen LogP contribution is -1.82. The summed E-state index contributed by atoms with van der Waals surface area (Å²) < 4.78 is 0. The summed E-state index contributed by atoms with van der Waals surface area (Å²) in [6.07, 6.45) is 0. The zero-order chi connectivity index (χ0) is 32.5. The maximum atomic E-state index is 2.20. The fourth-order valence-corrected chi connectivity index (χ4v) is 4.12. The van der Waals surface area contributed by atoms with Crippen molar-refractivity contribution >= 4 is 0 Å². The number of benzene rings is 5. The smallest absolute Gasteiger partial charge is 0.0392 e. The molecule has 228 valence electrons. The monoisotopic (exact) mass is 572 g/mol. The first-order valence-electron chi connectivity index (χ1n) is 15.4. The largest absolute Gasteiger partial charge is 0.0617 e. The van der Waals surface area contributed by atoms with Crippen molar-refractivity contribution in [1.82, 2.24) is 0 Å². The first-order valence-corrected chi connectivity index (χ1v) is 15.4. The van der Waals surface area contributed by atoms with Gasteiger partial charge in [0.05, 0.1) is 0 Å². The van der Waals surface area contributed by atoms with Crippen LogP contribution in [0.2, 0.25) is 0 Å². The van der Waals surface area contributed by atoms with Crippen molar-refractivity contribution in [3.8, 4) is 0 Å². The highest BCUT2D eigenvalue weighted by atomic mass is 14.0. The number of rotatable bonds is 0. The summed E-state index contributed by atoms with van der Waals surface area (Å²) in [7, 11) is 0. The van der Waals surface area contributed by atoms with Crippen LogP contribution in [0.5, 0.6) is 0 Å². The third-order valence-electron chi connectivity index (χ3n) is 7.59. The molecule has 0 heterocycles. The Bertz CT molecular complexity index is 1410. The van der Waals surface area contributed by atoms with Gasteiger partial charge >= 0.3 is 0 Å².